The van der Waals surface area contributed by atoms with Crippen LogP contribution in [0.5, 0.6) is 0 Å². The van der Waals surface area contributed by atoms with Crippen LogP contribution in [-0.2, 0) is 23.6 Å². The topological polar surface area (TPSA) is 121 Å². The van der Waals surface area contributed by atoms with Crippen molar-refractivity contribution in [3.63, 3.8) is 0 Å². The molecule has 0 unspecified atom stereocenters. The van der Waals surface area contributed by atoms with Crippen LogP contribution >= 0.6 is 13.4 Å². The van der Waals surface area contributed by atoms with E-state index >= 15 is 0 Å². The molecule has 16 heavy (non-hydrogen) atoms. The first-order valence-electron chi connectivity index (χ1n) is 3.98. The average molecular weight is 342 g/mol. The molecule has 0 atom stereocenters. The third-order valence-corrected chi connectivity index (χ3v) is 0. The van der Waals surface area contributed by atoms with Crippen LogP contribution in [0.15, 0.2) is 0 Å². The van der Waals surface area contributed by atoms with Crippen molar-refractivity contribution in [3.05, 3.63) is 0 Å². The molecule has 0 aliphatic heterocycles. The molecular weight excluding hydrogens is 321 g/mol. The van der Waals surface area contributed by atoms with Gasteiger partial charge < -0.3 is 30.8 Å². The zero-order valence-corrected chi connectivity index (χ0v) is 16.6. The van der Waals surface area contributed by atoms with E-state index in [1.54, 1.807) is 0 Å². The molecule has 6 N–H and O–H groups in total. The summed E-state index contributed by atoms with van der Waals surface area (Å²) in [5, 5.41) is 0. The molecule has 0 bridgehead atoms. The van der Waals surface area contributed by atoms with E-state index < -0.39 is 13.4 Å². The van der Waals surface area contributed by atoms with Gasteiger partial charge in [0.2, 0.25) is 0 Å². The second kappa shape index (κ2) is 20.0. The molecule has 0 aliphatic rings. The zero-order chi connectivity index (χ0) is 13.7. The Morgan fingerprint density at radius 2 is 0.812 bits per heavy atom. The number of hydrogen-bond donors (Lipinski definition) is 6. The van der Waals surface area contributed by atoms with Crippen molar-refractivity contribution < 1.29 is 82.2 Å². The van der Waals surface area contributed by atoms with Gasteiger partial charge >= 0.3 is 64.8 Å². The fourth-order valence-corrected chi connectivity index (χ4v) is 0. The fourth-order valence-electron chi connectivity index (χ4n) is 0. The molecule has 0 radical (unpaired) electrons. The minimum Gasteiger partial charge on any atom is -1.00 e. The summed E-state index contributed by atoms with van der Waals surface area (Å²) < 4.78 is 0. The van der Waals surface area contributed by atoms with Crippen LogP contribution in [0.1, 0.15) is 35.5 Å². The van der Waals surface area contributed by atoms with Gasteiger partial charge in [-0.2, -0.15) is 0 Å². The van der Waals surface area contributed by atoms with E-state index in [9.17, 15) is 0 Å². The molecule has 0 saturated heterocycles. The third kappa shape index (κ3) is 566. The monoisotopic (exact) mass is 342 g/mol. The summed E-state index contributed by atoms with van der Waals surface area (Å²) in [5.41, 5.74) is 0. The van der Waals surface area contributed by atoms with E-state index in [4.69, 9.17) is 29.4 Å². The predicted molar refractivity (Wildman–Crippen MR) is 70.3 cm³/mol. The van der Waals surface area contributed by atoms with Gasteiger partial charge in [-0.1, -0.05) is 34.1 Å². The molecule has 0 saturated carbocycles. The van der Waals surface area contributed by atoms with Crippen molar-refractivity contribution in [2.45, 2.75) is 34.1 Å². The van der Waals surface area contributed by atoms with Crippen LogP contribution in [-0.4, -0.2) is 29.4 Å². The van der Waals surface area contributed by atoms with E-state index in [1.807, 2.05) is 13.8 Å². The molecule has 0 aromatic carbocycles. The van der Waals surface area contributed by atoms with Crippen molar-refractivity contribution >= 4 is 37.1 Å². The predicted octanol–water partition coefficient (Wildman–Crippen LogP) is -2.07. The van der Waals surface area contributed by atoms with E-state index in [1.165, 1.54) is 6.42 Å². The molecule has 0 aliphatic carbocycles. The molecular formula is C5H21KO6P2S2. The van der Waals surface area contributed by atoms with Gasteiger partial charge in [0, 0.05) is 0 Å². The van der Waals surface area contributed by atoms with Gasteiger partial charge in [0.15, 0.2) is 0 Å². The van der Waals surface area contributed by atoms with Crippen molar-refractivity contribution in [1.82, 2.24) is 0 Å². The van der Waals surface area contributed by atoms with E-state index in [-0.39, 0.29) is 52.8 Å². The van der Waals surface area contributed by atoms with Crippen molar-refractivity contribution in [2.24, 2.45) is 0 Å². The Hall–Kier alpha value is 2.70. The first kappa shape index (κ1) is 31.2. The maximum absolute atomic E-state index is 7.56. The van der Waals surface area contributed by atoms with Crippen molar-refractivity contribution in [1.29, 1.82) is 0 Å². The number of rotatable bonds is 0. The summed E-state index contributed by atoms with van der Waals surface area (Å²) in [6.07, 6.45) is 1.25. The molecule has 0 aromatic rings. The SMILES string of the molecule is CC.CCC.OP(O)(O)=S.OP(O)(O)=S.[H-].[K+]. The van der Waals surface area contributed by atoms with Crippen LogP contribution in [0.4, 0.5) is 0 Å². The summed E-state index contributed by atoms with van der Waals surface area (Å²) in [5.74, 6) is 0. The molecule has 0 spiro atoms. The maximum Gasteiger partial charge on any atom is 1.00 e. The summed E-state index contributed by atoms with van der Waals surface area (Å²) in [7, 11) is 0. The smallest absolute Gasteiger partial charge is 1.00 e. The quantitative estimate of drug-likeness (QED) is 0.219. The van der Waals surface area contributed by atoms with Gasteiger partial charge in [0.1, 0.15) is 0 Å². The second-order valence-electron chi connectivity index (χ2n) is 1.73. The van der Waals surface area contributed by atoms with E-state index in [2.05, 4.69) is 37.5 Å². The first-order valence-corrected chi connectivity index (χ1v) is 9.30. The Morgan fingerprint density at radius 3 is 0.812 bits per heavy atom. The largest absolute Gasteiger partial charge is 1.00 e. The molecule has 0 amide bonds. The van der Waals surface area contributed by atoms with Crippen LogP contribution in [0.3, 0.4) is 0 Å². The van der Waals surface area contributed by atoms with Crippen LogP contribution in [0.25, 0.3) is 0 Å². The normalized spacial score (nSPS) is 8.88. The molecule has 0 rings (SSSR count). The molecule has 6 nitrogen and oxygen atoms in total. The van der Waals surface area contributed by atoms with Gasteiger partial charge in [-0.3, -0.25) is 0 Å². The van der Waals surface area contributed by atoms with E-state index in [0.29, 0.717) is 0 Å². The second-order valence-corrected chi connectivity index (χ2v) is 6.73. The van der Waals surface area contributed by atoms with Gasteiger partial charge in [-0.25, -0.2) is 0 Å². The van der Waals surface area contributed by atoms with Gasteiger partial charge in [-0.15, -0.1) is 0 Å². The third-order valence-electron chi connectivity index (χ3n) is 0. The van der Waals surface area contributed by atoms with Gasteiger partial charge in [-0.05, 0) is 23.6 Å². The van der Waals surface area contributed by atoms with Crippen LogP contribution < -0.4 is 51.4 Å². The Labute approximate surface area is 151 Å². The summed E-state index contributed by atoms with van der Waals surface area (Å²) >= 11 is 7.21. The average Bonchev–Trinajstić information content (AvgIpc) is 1.84. The Kier molecular flexibility index (Phi) is 39.1. The standard InChI is InChI=1S/C3H8.C2H6.K.2H3O3PS.H/c1-3-2;1-2;;2*1-4(2,3)5;/h3H2,1-2H3;1-2H3;;2*(H3,1,2,3,5);/q;;+1;;;-1. The zero-order valence-electron chi connectivity index (χ0n) is 11.1. The van der Waals surface area contributed by atoms with Crippen molar-refractivity contribution in [2.75, 3.05) is 0 Å². The number of hydrogen-bond acceptors (Lipinski definition) is 2. The van der Waals surface area contributed by atoms with E-state index in [0.717, 1.165) is 0 Å². The minimum atomic E-state index is -3.81. The summed E-state index contributed by atoms with van der Waals surface area (Å²) in [4.78, 5) is 45.3. The Bertz CT molecular complexity index is 162. The van der Waals surface area contributed by atoms with Crippen molar-refractivity contribution in [3.8, 4) is 0 Å². The maximum atomic E-state index is 7.56. The Balaban J connectivity index is -0.0000000241. The molecule has 0 aromatic heterocycles. The fraction of sp³-hybridized carbons (Fsp3) is 1.00. The first-order chi connectivity index (χ1) is 6.41. The van der Waals surface area contributed by atoms with Gasteiger partial charge in [0.25, 0.3) is 0 Å². The summed E-state index contributed by atoms with van der Waals surface area (Å²) in [6, 6.07) is 0. The minimum absolute atomic E-state index is 0. The molecule has 0 heterocycles. The molecule has 100 valence electrons. The van der Waals surface area contributed by atoms with Crippen LogP contribution in [0.2, 0.25) is 0 Å². The Morgan fingerprint density at radius 1 is 0.812 bits per heavy atom. The molecule has 11 heteroatoms. The summed E-state index contributed by atoms with van der Waals surface area (Å²) in [6.45, 7) is 0.639. The molecule has 0 fully saturated rings. The van der Waals surface area contributed by atoms with Crippen LogP contribution in [0, 0.1) is 0 Å². The van der Waals surface area contributed by atoms with Gasteiger partial charge in [0.05, 0.1) is 0 Å².